The number of rotatable bonds is 5. The summed E-state index contributed by atoms with van der Waals surface area (Å²) in [5, 5.41) is 29.1. The van der Waals surface area contributed by atoms with Gasteiger partial charge >= 0.3 is 0 Å². The molecule has 3 aromatic rings. The summed E-state index contributed by atoms with van der Waals surface area (Å²) in [6, 6.07) is 3.26. The van der Waals surface area contributed by atoms with Crippen LogP contribution in [-0.4, -0.2) is 26.8 Å². The van der Waals surface area contributed by atoms with E-state index in [1.54, 1.807) is 11.6 Å². The van der Waals surface area contributed by atoms with Gasteiger partial charge in [0.05, 0.1) is 22.1 Å². The van der Waals surface area contributed by atoms with Crippen LogP contribution in [0.4, 0.5) is 15.8 Å². The van der Waals surface area contributed by atoms with Crippen LogP contribution in [0.3, 0.4) is 0 Å². The molecule has 0 aliphatic heterocycles. The second-order valence-electron chi connectivity index (χ2n) is 6.97. The Balaban J connectivity index is 1.66. The number of carbonyl (C=O) groups excluding carboxylic acids is 2. The summed E-state index contributed by atoms with van der Waals surface area (Å²) in [5.74, 6) is -1.50. The number of aromatic nitrogens is 1. The summed E-state index contributed by atoms with van der Waals surface area (Å²) in [6.45, 7) is 0. The van der Waals surface area contributed by atoms with E-state index in [-0.39, 0.29) is 17.2 Å². The Bertz CT molecular complexity index is 1160. The van der Waals surface area contributed by atoms with Gasteiger partial charge in [-0.15, -0.1) is 22.7 Å². The number of thiophene rings is 1. The number of carbonyl (C=O) groups is 2. The lowest BCUT2D eigenvalue weighted by atomic mass is 10.0. The Morgan fingerprint density at radius 1 is 1.13 bits per heavy atom. The number of thiazole rings is 1. The van der Waals surface area contributed by atoms with Crippen molar-refractivity contribution in [1.29, 1.82) is 0 Å². The molecular weight excluding hydrogens is 440 g/mol. The zero-order valence-corrected chi connectivity index (χ0v) is 17.8. The maximum atomic E-state index is 13.1. The number of nitro groups is 1. The second-order valence-corrected chi connectivity index (χ2v) is 8.97. The summed E-state index contributed by atoms with van der Waals surface area (Å²) in [7, 11) is 0. The fraction of sp³-hybridized carbons (Fsp3) is 0.250. The van der Waals surface area contributed by atoms with Crippen molar-refractivity contribution >= 4 is 50.3 Å². The molecule has 0 fully saturated rings. The zero-order chi connectivity index (χ0) is 22.0. The number of non-ortho nitro benzene ring substituents is 1. The third-order valence-corrected chi connectivity index (χ3v) is 6.86. The number of hydrogen-bond acceptors (Lipinski definition) is 8. The molecule has 31 heavy (non-hydrogen) atoms. The predicted molar refractivity (Wildman–Crippen MR) is 118 cm³/mol. The third kappa shape index (κ3) is 4.42. The number of benzene rings is 1. The molecule has 1 aliphatic carbocycles. The second kappa shape index (κ2) is 8.82. The van der Waals surface area contributed by atoms with E-state index < -0.39 is 16.6 Å². The van der Waals surface area contributed by atoms with Crippen molar-refractivity contribution in [3.63, 3.8) is 0 Å². The molecule has 2 heterocycles. The van der Waals surface area contributed by atoms with E-state index in [9.17, 15) is 24.8 Å². The Labute approximate surface area is 184 Å². The summed E-state index contributed by atoms with van der Waals surface area (Å²) >= 11 is 2.65. The number of nitrogens with zero attached hydrogens (tertiary/aromatic N) is 2. The van der Waals surface area contributed by atoms with Crippen LogP contribution in [0.1, 0.15) is 50.4 Å². The number of fused-ring (bicyclic) bond motifs is 1. The van der Waals surface area contributed by atoms with E-state index in [2.05, 4.69) is 15.6 Å². The number of hydrogen-bond donors (Lipinski definition) is 3. The number of amides is 2. The first kappa shape index (κ1) is 20.9. The minimum Gasteiger partial charge on any atom is -0.507 e. The van der Waals surface area contributed by atoms with E-state index in [0.29, 0.717) is 15.7 Å². The van der Waals surface area contributed by atoms with E-state index >= 15 is 0 Å². The molecule has 0 unspecified atom stereocenters. The molecule has 9 nitrogen and oxygen atoms in total. The molecule has 1 aromatic carbocycles. The van der Waals surface area contributed by atoms with Gasteiger partial charge in [-0.05, 0) is 37.3 Å². The minimum absolute atomic E-state index is 0.111. The van der Waals surface area contributed by atoms with Gasteiger partial charge in [0.1, 0.15) is 10.8 Å². The number of anilines is 2. The highest BCUT2D eigenvalue weighted by Gasteiger charge is 2.27. The Kier molecular flexibility index (Phi) is 5.96. The molecule has 0 radical (unpaired) electrons. The van der Waals surface area contributed by atoms with Crippen molar-refractivity contribution in [2.75, 3.05) is 10.6 Å². The van der Waals surface area contributed by atoms with Crippen LogP contribution >= 0.6 is 22.7 Å². The lowest BCUT2D eigenvalue weighted by Gasteiger charge is -2.09. The third-order valence-electron chi connectivity index (χ3n) is 4.96. The first-order chi connectivity index (χ1) is 14.9. The van der Waals surface area contributed by atoms with Gasteiger partial charge in [-0.1, -0.05) is 6.42 Å². The number of aromatic hydroxyl groups is 1. The molecule has 11 heteroatoms. The summed E-state index contributed by atoms with van der Waals surface area (Å²) in [5.41, 5.74) is 0.910. The quantitative estimate of drug-likeness (QED) is 0.291. The largest absolute Gasteiger partial charge is 0.507 e. The molecule has 1 aliphatic rings. The van der Waals surface area contributed by atoms with Crippen molar-refractivity contribution in [2.24, 2.45) is 0 Å². The molecule has 2 aromatic heterocycles. The highest BCUT2D eigenvalue weighted by molar-refractivity contribution is 7.17. The van der Waals surface area contributed by atoms with Crippen molar-refractivity contribution in [3.05, 3.63) is 61.5 Å². The van der Waals surface area contributed by atoms with Crippen molar-refractivity contribution < 1.29 is 19.6 Å². The predicted octanol–water partition coefficient (Wildman–Crippen LogP) is 4.59. The van der Waals surface area contributed by atoms with Crippen LogP contribution in [0.15, 0.2) is 29.8 Å². The fourth-order valence-corrected chi connectivity index (χ4v) is 5.32. The summed E-state index contributed by atoms with van der Waals surface area (Å²) in [6.07, 6.45) is 6.21. The normalized spacial score (nSPS) is 13.2. The SMILES string of the molecule is O=C(Nc1sc2c(c1C(=O)Nc1nccs1)CCCCC2)c1ccc([N+](=O)[O-])cc1O. The number of aryl methyl sites for hydroxylation is 1. The Morgan fingerprint density at radius 3 is 2.65 bits per heavy atom. The molecule has 0 saturated heterocycles. The van der Waals surface area contributed by atoms with Gasteiger partial charge in [-0.25, -0.2) is 4.98 Å². The lowest BCUT2D eigenvalue weighted by molar-refractivity contribution is -0.384. The fourth-order valence-electron chi connectivity index (χ4n) is 3.51. The first-order valence-corrected chi connectivity index (χ1v) is 11.3. The van der Waals surface area contributed by atoms with Crippen LogP contribution in [-0.2, 0) is 12.8 Å². The zero-order valence-electron chi connectivity index (χ0n) is 16.2. The summed E-state index contributed by atoms with van der Waals surface area (Å²) < 4.78 is 0. The van der Waals surface area contributed by atoms with E-state index in [1.165, 1.54) is 28.7 Å². The van der Waals surface area contributed by atoms with Gasteiger partial charge in [0.25, 0.3) is 17.5 Å². The van der Waals surface area contributed by atoms with Crippen molar-refractivity contribution in [1.82, 2.24) is 4.98 Å². The van der Waals surface area contributed by atoms with Gasteiger partial charge in [0.15, 0.2) is 5.13 Å². The van der Waals surface area contributed by atoms with Gasteiger partial charge in [-0.3, -0.25) is 25.0 Å². The maximum absolute atomic E-state index is 13.1. The number of phenols is 1. The number of nitro benzene ring substituents is 1. The van der Waals surface area contributed by atoms with Gasteiger partial charge < -0.3 is 10.4 Å². The van der Waals surface area contributed by atoms with E-state index in [4.69, 9.17) is 0 Å². The Hall–Kier alpha value is -3.31. The molecule has 3 N–H and O–H groups in total. The van der Waals surface area contributed by atoms with Crippen LogP contribution in [0.25, 0.3) is 0 Å². The molecule has 0 atom stereocenters. The topological polar surface area (TPSA) is 134 Å². The smallest absolute Gasteiger partial charge is 0.273 e. The van der Waals surface area contributed by atoms with Crippen molar-refractivity contribution in [3.8, 4) is 5.75 Å². The molecule has 160 valence electrons. The monoisotopic (exact) mass is 458 g/mol. The van der Waals surface area contributed by atoms with Crippen LogP contribution < -0.4 is 10.6 Å². The van der Waals surface area contributed by atoms with Crippen LogP contribution in [0.2, 0.25) is 0 Å². The molecule has 0 saturated carbocycles. The first-order valence-electron chi connectivity index (χ1n) is 9.58. The summed E-state index contributed by atoms with van der Waals surface area (Å²) in [4.78, 5) is 41.2. The molecule has 0 bridgehead atoms. The molecule has 2 amide bonds. The highest BCUT2D eigenvalue weighted by atomic mass is 32.1. The molecular formula is C20H18N4O5S2. The van der Waals surface area contributed by atoms with E-state index in [1.807, 2.05) is 0 Å². The average Bonchev–Trinajstić information content (AvgIpc) is 3.29. The molecule has 0 spiro atoms. The van der Waals surface area contributed by atoms with Gasteiger partial charge in [0, 0.05) is 22.5 Å². The van der Waals surface area contributed by atoms with Gasteiger partial charge in [-0.2, -0.15) is 0 Å². The highest BCUT2D eigenvalue weighted by Crippen LogP contribution is 2.38. The molecule has 4 rings (SSSR count). The Morgan fingerprint density at radius 2 is 1.94 bits per heavy atom. The lowest BCUT2D eigenvalue weighted by Crippen LogP contribution is -2.18. The van der Waals surface area contributed by atoms with Crippen molar-refractivity contribution in [2.45, 2.75) is 32.1 Å². The minimum atomic E-state index is -0.654. The number of nitrogens with one attached hydrogen (secondary N) is 2. The van der Waals surface area contributed by atoms with E-state index in [0.717, 1.165) is 54.7 Å². The van der Waals surface area contributed by atoms with Crippen LogP contribution in [0, 0.1) is 10.1 Å². The average molecular weight is 459 g/mol. The standard InChI is InChI=1S/C20H18N4O5S2/c25-14-10-11(24(28)29)6-7-12(14)17(26)22-19-16(18(27)23-20-21-8-9-30-20)13-4-2-1-3-5-15(13)31-19/h6-10,25H,1-5H2,(H,22,26)(H,21,23,27). The van der Waals surface area contributed by atoms with Crippen LogP contribution in [0.5, 0.6) is 5.75 Å². The van der Waals surface area contributed by atoms with Gasteiger partial charge in [0.2, 0.25) is 0 Å². The maximum Gasteiger partial charge on any atom is 0.273 e. The number of phenolic OH excluding ortho intramolecular Hbond substituents is 1.